The quantitative estimate of drug-likeness (QED) is 0.782. The molecule has 1 saturated carbocycles. The molecule has 1 aliphatic rings. The standard InChI is InChI=1S/C15H21Cl2N/c1-3-15(7-4-8-15)10-18-11(2)13-6-5-12(16)9-14(13)17/h5-6,9,11,18H,3-4,7-8,10H2,1-2H3. The SMILES string of the molecule is CCC1(CNC(C)c2ccc(Cl)cc2Cl)CCC1. The Morgan fingerprint density at radius 1 is 1.33 bits per heavy atom. The van der Waals surface area contributed by atoms with Crippen molar-refractivity contribution in [1.29, 1.82) is 0 Å². The van der Waals surface area contributed by atoms with Gasteiger partial charge >= 0.3 is 0 Å². The Hall–Kier alpha value is -0.240. The lowest BCUT2D eigenvalue weighted by Crippen LogP contribution is -2.40. The Bertz CT molecular complexity index is 407. The van der Waals surface area contributed by atoms with Crippen LogP contribution in [0.3, 0.4) is 0 Å². The zero-order valence-corrected chi connectivity index (χ0v) is 12.6. The molecule has 0 aliphatic heterocycles. The Morgan fingerprint density at radius 3 is 2.56 bits per heavy atom. The topological polar surface area (TPSA) is 12.0 Å². The molecule has 1 aromatic carbocycles. The van der Waals surface area contributed by atoms with E-state index in [2.05, 4.69) is 19.2 Å². The molecule has 1 fully saturated rings. The normalized spacial score (nSPS) is 19.3. The summed E-state index contributed by atoms with van der Waals surface area (Å²) in [5, 5.41) is 5.07. The van der Waals surface area contributed by atoms with Crippen molar-refractivity contribution in [2.24, 2.45) is 5.41 Å². The van der Waals surface area contributed by atoms with Crippen molar-refractivity contribution in [2.75, 3.05) is 6.54 Å². The molecule has 0 saturated heterocycles. The molecule has 0 spiro atoms. The van der Waals surface area contributed by atoms with Gasteiger partial charge in [0.2, 0.25) is 0 Å². The van der Waals surface area contributed by atoms with Crippen LogP contribution in [0.4, 0.5) is 0 Å². The summed E-state index contributed by atoms with van der Waals surface area (Å²) in [6, 6.07) is 6.01. The van der Waals surface area contributed by atoms with Crippen LogP contribution in [0.5, 0.6) is 0 Å². The van der Waals surface area contributed by atoms with Crippen molar-refractivity contribution < 1.29 is 0 Å². The molecule has 0 bridgehead atoms. The van der Waals surface area contributed by atoms with E-state index >= 15 is 0 Å². The molecule has 1 N–H and O–H groups in total. The molecule has 1 unspecified atom stereocenters. The second-order valence-corrected chi connectivity index (χ2v) is 6.32. The predicted octanol–water partition coefficient (Wildman–Crippen LogP) is 5.22. The van der Waals surface area contributed by atoms with E-state index in [1.54, 1.807) is 0 Å². The number of halogens is 2. The first-order chi connectivity index (χ1) is 8.56. The van der Waals surface area contributed by atoms with Gasteiger partial charge in [0.1, 0.15) is 0 Å². The second kappa shape index (κ2) is 5.81. The summed E-state index contributed by atoms with van der Waals surface area (Å²) < 4.78 is 0. The lowest BCUT2D eigenvalue weighted by molar-refractivity contribution is 0.120. The molecule has 1 aliphatic carbocycles. The van der Waals surface area contributed by atoms with Crippen LogP contribution in [0.2, 0.25) is 10.0 Å². The van der Waals surface area contributed by atoms with Crippen LogP contribution in [0.15, 0.2) is 18.2 Å². The molecule has 100 valence electrons. The highest BCUT2D eigenvalue weighted by atomic mass is 35.5. The van der Waals surface area contributed by atoms with Crippen LogP contribution >= 0.6 is 23.2 Å². The van der Waals surface area contributed by atoms with E-state index in [1.165, 1.54) is 25.7 Å². The van der Waals surface area contributed by atoms with E-state index in [1.807, 2.05) is 18.2 Å². The number of hydrogen-bond donors (Lipinski definition) is 1. The smallest absolute Gasteiger partial charge is 0.0468 e. The van der Waals surface area contributed by atoms with Crippen LogP contribution in [0.1, 0.15) is 51.1 Å². The van der Waals surface area contributed by atoms with Crippen molar-refractivity contribution in [3.05, 3.63) is 33.8 Å². The minimum Gasteiger partial charge on any atom is -0.310 e. The van der Waals surface area contributed by atoms with Crippen LogP contribution < -0.4 is 5.32 Å². The van der Waals surface area contributed by atoms with Crippen molar-refractivity contribution in [2.45, 2.75) is 45.6 Å². The number of nitrogens with one attached hydrogen (secondary N) is 1. The lowest BCUT2D eigenvalue weighted by Gasteiger charge is -2.42. The van der Waals surface area contributed by atoms with Crippen LogP contribution in [-0.2, 0) is 0 Å². The third-order valence-corrected chi connectivity index (χ3v) is 4.94. The fourth-order valence-corrected chi connectivity index (χ4v) is 3.24. The van der Waals surface area contributed by atoms with Gasteiger partial charge in [-0.15, -0.1) is 0 Å². The maximum absolute atomic E-state index is 6.23. The average Bonchev–Trinajstić information content (AvgIpc) is 2.27. The maximum Gasteiger partial charge on any atom is 0.0468 e. The largest absolute Gasteiger partial charge is 0.310 e. The van der Waals surface area contributed by atoms with Crippen molar-refractivity contribution in [1.82, 2.24) is 5.32 Å². The van der Waals surface area contributed by atoms with E-state index in [-0.39, 0.29) is 6.04 Å². The van der Waals surface area contributed by atoms with Gasteiger partial charge in [-0.1, -0.05) is 42.6 Å². The Morgan fingerprint density at radius 2 is 2.06 bits per heavy atom. The van der Waals surface area contributed by atoms with Gasteiger partial charge in [0.15, 0.2) is 0 Å². The Kier molecular flexibility index (Phi) is 4.58. The van der Waals surface area contributed by atoms with Gasteiger partial charge in [-0.25, -0.2) is 0 Å². The predicted molar refractivity (Wildman–Crippen MR) is 79.5 cm³/mol. The molecule has 1 nitrogen and oxygen atoms in total. The minimum absolute atomic E-state index is 0.277. The molecular weight excluding hydrogens is 265 g/mol. The first-order valence-corrected chi connectivity index (χ1v) is 7.50. The van der Waals surface area contributed by atoms with E-state index in [0.717, 1.165) is 17.1 Å². The minimum atomic E-state index is 0.277. The third-order valence-electron chi connectivity index (χ3n) is 4.38. The average molecular weight is 286 g/mol. The highest BCUT2D eigenvalue weighted by Gasteiger charge is 2.34. The molecule has 2 rings (SSSR count). The van der Waals surface area contributed by atoms with E-state index in [0.29, 0.717) is 10.4 Å². The third kappa shape index (κ3) is 3.01. The Balaban J connectivity index is 1.97. The molecule has 0 heterocycles. The zero-order chi connectivity index (χ0) is 13.2. The van der Waals surface area contributed by atoms with Crippen molar-refractivity contribution in [3.8, 4) is 0 Å². The van der Waals surface area contributed by atoms with E-state index in [9.17, 15) is 0 Å². The van der Waals surface area contributed by atoms with Crippen LogP contribution in [-0.4, -0.2) is 6.54 Å². The van der Waals surface area contributed by atoms with E-state index in [4.69, 9.17) is 23.2 Å². The Labute approximate surface area is 120 Å². The summed E-state index contributed by atoms with van der Waals surface area (Å²) in [7, 11) is 0. The summed E-state index contributed by atoms with van der Waals surface area (Å²) >= 11 is 12.2. The van der Waals surface area contributed by atoms with Crippen molar-refractivity contribution in [3.63, 3.8) is 0 Å². The number of rotatable bonds is 5. The summed E-state index contributed by atoms with van der Waals surface area (Å²) in [4.78, 5) is 0. The van der Waals surface area contributed by atoms with Crippen LogP contribution in [0.25, 0.3) is 0 Å². The first-order valence-electron chi connectivity index (χ1n) is 6.75. The fourth-order valence-electron chi connectivity index (χ4n) is 2.66. The van der Waals surface area contributed by atoms with Gasteiger partial charge in [-0.2, -0.15) is 0 Å². The first kappa shape index (κ1) is 14.2. The molecule has 0 amide bonds. The molecule has 18 heavy (non-hydrogen) atoms. The molecule has 0 aromatic heterocycles. The molecule has 1 atom stereocenters. The molecule has 3 heteroatoms. The fraction of sp³-hybridized carbons (Fsp3) is 0.600. The van der Waals surface area contributed by atoms with Gasteiger partial charge < -0.3 is 5.32 Å². The number of benzene rings is 1. The van der Waals surface area contributed by atoms with Crippen molar-refractivity contribution >= 4 is 23.2 Å². The lowest BCUT2D eigenvalue weighted by atomic mass is 9.67. The van der Waals surface area contributed by atoms with Gasteiger partial charge in [-0.3, -0.25) is 0 Å². The van der Waals surface area contributed by atoms with Crippen LogP contribution in [0, 0.1) is 5.41 Å². The highest BCUT2D eigenvalue weighted by molar-refractivity contribution is 6.35. The van der Waals surface area contributed by atoms with Gasteiger partial charge in [0.05, 0.1) is 0 Å². The summed E-state index contributed by atoms with van der Waals surface area (Å²) in [6.45, 7) is 5.54. The zero-order valence-electron chi connectivity index (χ0n) is 11.1. The van der Waals surface area contributed by atoms with Gasteiger partial charge in [0, 0.05) is 22.6 Å². The van der Waals surface area contributed by atoms with Gasteiger partial charge in [0.25, 0.3) is 0 Å². The summed E-state index contributed by atoms with van der Waals surface area (Å²) in [5.74, 6) is 0. The number of hydrogen-bond acceptors (Lipinski definition) is 1. The van der Waals surface area contributed by atoms with Gasteiger partial charge in [-0.05, 0) is 49.3 Å². The highest BCUT2D eigenvalue weighted by Crippen LogP contribution is 2.43. The molecule has 0 radical (unpaired) electrons. The molecule has 1 aromatic rings. The summed E-state index contributed by atoms with van der Waals surface area (Å²) in [5.41, 5.74) is 1.67. The molecular formula is C15H21Cl2N. The monoisotopic (exact) mass is 285 g/mol. The second-order valence-electron chi connectivity index (χ2n) is 5.48. The summed E-state index contributed by atoms with van der Waals surface area (Å²) in [6.07, 6.45) is 5.36. The van der Waals surface area contributed by atoms with E-state index < -0.39 is 0 Å². The maximum atomic E-state index is 6.23.